The van der Waals surface area contributed by atoms with Crippen molar-refractivity contribution < 1.29 is 4.21 Å². The molecule has 0 saturated carbocycles. The van der Waals surface area contributed by atoms with Crippen molar-refractivity contribution in [3.63, 3.8) is 0 Å². The van der Waals surface area contributed by atoms with Crippen molar-refractivity contribution in [2.75, 3.05) is 0 Å². The molecule has 2 N–H and O–H groups in total. The third kappa shape index (κ3) is 2.38. The average Bonchev–Trinajstić information content (AvgIpc) is 2.31. The summed E-state index contributed by atoms with van der Waals surface area (Å²) in [5.74, 6) is 0. The molecule has 0 aromatic heterocycles. The number of hydrogen-bond acceptors (Lipinski definition) is 1. The molecule has 0 radical (unpaired) electrons. The lowest BCUT2D eigenvalue weighted by Gasteiger charge is -2.14. The van der Waals surface area contributed by atoms with Crippen molar-refractivity contribution in [2.24, 2.45) is 5.14 Å². The highest BCUT2D eigenvalue weighted by molar-refractivity contribution is 7.83. The van der Waals surface area contributed by atoms with Gasteiger partial charge in [-0.25, -0.2) is 4.21 Å². The molecule has 2 nitrogen and oxygen atoms in total. The van der Waals surface area contributed by atoms with E-state index in [1.54, 1.807) is 0 Å². The second-order valence-corrected chi connectivity index (χ2v) is 4.66. The molecule has 1 unspecified atom stereocenters. The topological polar surface area (TPSA) is 43.1 Å². The van der Waals surface area contributed by atoms with Crippen molar-refractivity contribution in [3.8, 4) is 0 Å². The van der Waals surface area contributed by atoms with Gasteiger partial charge < -0.3 is 0 Å². The molecule has 82 valence electrons. The Morgan fingerprint density at radius 1 is 0.812 bits per heavy atom. The van der Waals surface area contributed by atoms with Gasteiger partial charge in [-0.05, 0) is 11.1 Å². The summed E-state index contributed by atoms with van der Waals surface area (Å²) < 4.78 is 11.6. The van der Waals surface area contributed by atoms with Crippen LogP contribution in [0.2, 0.25) is 0 Å². The molecule has 0 aliphatic carbocycles. The Morgan fingerprint density at radius 2 is 1.19 bits per heavy atom. The second kappa shape index (κ2) is 5.05. The van der Waals surface area contributed by atoms with Crippen LogP contribution in [0.3, 0.4) is 0 Å². The Hall–Kier alpha value is -1.45. The largest absolute Gasteiger partial charge is 0.251 e. The van der Waals surface area contributed by atoms with E-state index in [-0.39, 0.29) is 5.25 Å². The van der Waals surface area contributed by atoms with Gasteiger partial charge in [-0.2, -0.15) is 0 Å². The minimum absolute atomic E-state index is 0.248. The van der Waals surface area contributed by atoms with Crippen LogP contribution in [0.5, 0.6) is 0 Å². The zero-order chi connectivity index (χ0) is 11.4. The minimum atomic E-state index is -1.41. The van der Waals surface area contributed by atoms with Crippen LogP contribution in [-0.4, -0.2) is 4.21 Å². The fraction of sp³-hybridized carbons (Fsp3) is 0.0769. The van der Waals surface area contributed by atoms with Crippen LogP contribution < -0.4 is 5.14 Å². The van der Waals surface area contributed by atoms with Gasteiger partial charge in [-0.3, -0.25) is 5.14 Å². The van der Waals surface area contributed by atoms with Gasteiger partial charge in [-0.15, -0.1) is 0 Å². The normalized spacial score (nSPS) is 12.6. The Bertz CT molecular complexity index is 430. The Morgan fingerprint density at radius 3 is 1.50 bits per heavy atom. The molecule has 0 fully saturated rings. The Kier molecular flexibility index (Phi) is 3.49. The number of hydrogen-bond donors (Lipinski definition) is 1. The summed E-state index contributed by atoms with van der Waals surface area (Å²) in [7, 11) is -1.41. The molecule has 2 rings (SSSR count). The van der Waals surface area contributed by atoms with E-state index in [2.05, 4.69) is 0 Å². The van der Waals surface area contributed by atoms with Gasteiger partial charge in [-0.1, -0.05) is 60.7 Å². The van der Waals surface area contributed by atoms with Crippen LogP contribution in [0.25, 0.3) is 0 Å². The Balaban J connectivity index is 2.44. The summed E-state index contributed by atoms with van der Waals surface area (Å²) in [5.41, 5.74) is 1.96. The molecule has 0 amide bonds. The summed E-state index contributed by atoms with van der Waals surface area (Å²) in [6, 6.07) is 19.4. The molecule has 2 aromatic carbocycles. The summed E-state index contributed by atoms with van der Waals surface area (Å²) in [4.78, 5) is 0. The van der Waals surface area contributed by atoms with Gasteiger partial charge >= 0.3 is 0 Å². The molecule has 2 aromatic rings. The van der Waals surface area contributed by atoms with Crippen molar-refractivity contribution in [2.45, 2.75) is 5.25 Å². The SMILES string of the molecule is NS(=O)C(c1ccccc1)c1ccccc1. The molecule has 0 heterocycles. The first-order valence-electron chi connectivity index (χ1n) is 5.04. The van der Waals surface area contributed by atoms with Crippen LogP contribution in [0, 0.1) is 0 Å². The molecular formula is C13H13NOS. The second-order valence-electron chi connectivity index (χ2n) is 3.53. The maximum absolute atomic E-state index is 11.6. The minimum Gasteiger partial charge on any atom is -0.251 e. The van der Waals surface area contributed by atoms with Gasteiger partial charge in [0.15, 0.2) is 0 Å². The number of rotatable bonds is 3. The summed E-state index contributed by atoms with van der Waals surface area (Å²) >= 11 is 0. The highest BCUT2D eigenvalue weighted by Gasteiger charge is 2.17. The van der Waals surface area contributed by atoms with Crippen LogP contribution in [-0.2, 0) is 11.0 Å². The molecule has 1 atom stereocenters. The smallest absolute Gasteiger partial charge is 0.101 e. The van der Waals surface area contributed by atoms with E-state index >= 15 is 0 Å². The highest BCUT2D eigenvalue weighted by Crippen LogP contribution is 2.25. The molecule has 0 spiro atoms. The van der Waals surface area contributed by atoms with Crippen molar-refractivity contribution in [1.29, 1.82) is 0 Å². The lowest BCUT2D eigenvalue weighted by Crippen LogP contribution is -2.15. The lowest BCUT2D eigenvalue weighted by atomic mass is 10.0. The third-order valence-electron chi connectivity index (χ3n) is 2.44. The third-order valence-corrected chi connectivity index (χ3v) is 3.45. The monoisotopic (exact) mass is 231 g/mol. The van der Waals surface area contributed by atoms with E-state index in [4.69, 9.17) is 5.14 Å². The molecule has 0 aliphatic heterocycles. The summed E-state index contributed by atoms with van der Waals surface area (Å²) in [6.45, 7) is 0. The van der Waals surface area contributed by atoms with E-state index in [1.807, 2.05) is 60.7 Å². The fourth-order valence-corrected chi connectivity index (χ4v) is 2.57. The van der Waals surface area contributed by atoms with Crippen LogP contribution in [0.1, 0.15) is 16.4 Å². The number of nitrogens with two attached hydrogens (primary N) is 1. The molecule has 16 heavy (non-hydrogen) atoms. The van der Waals surface area contributed by atoms with Gasteiger partial charge in [0.1, 0.15) is 11.0 Å². The first kappa shape index (κ1) is 11.0. The maximum atomic E-state index is 11.6. The van der Waals surface area contributed by atoms with Crippen molar-refractivity contribution in [1.82, 2.24) is 0 Å². The van der Waals surface area contributed by atoms with Crippen molar-refractivity contribution >= 4 is 11.0 Å². The van der Waals surface area contributed by atoms with Gasteiger partial charge in [0.2, 0.25) is 0 Å². The van der Waals surface area contributed by atoms with Crippen LogP contribution in [0.4, 0.5) is 0 Å². The van der Waals surface area contributed by atoms with E-state index in [1.165, 1.54) is 0 Å². The van der Waals surface area contributed by atoms with E-state index in [0.717, 1.165) is 11.1 Å². The van der Waals surface area contributed by atoms with Gasteiger partial charge in [0.25, 0.3) is 0 Å². The molecule has 3 heteroatoms. The zero-order valence-electron chi connectivity index (χ0n) is 8.74. The van der Waals surface area contributed by atoms with E-state index in [0.29, 0.717) is 0 Å². The van der Waals surface area contributed by atoms with Crippen molar-refractivity contribution in [3.05, 3.63) is 71.8 Å². The van der Waals surface area contributed by atoms with Crippen LogP contribution in [0.15, 0.2) is 60.7 Å². The summed E-state index contributed by atoms with van der Waals surface area (Å²) in [6.07, 6.45) is 0. The molecule has 0 aliphatic rings. The maximum Gasteiger partial charge on any atom is 0.101 e. The Labute approximate surface area is 97.7 Å². The summed E-state index contributed by atoms with van der Waals surface area (Å²) in [5, 5.41) is 5.33. The fourth-order valence-electron chi connectivity index (χ4n) is 1.72. The highest BCUT2D eigenvalue weighted by atomic mass is 32.2. The molecule has 0 bridgehead atoms. The van der Waals surface area contributed by atoms with Gasteiger partial charge in [0, 0.05) is 0 Å². The molecule has 0 saturated heterocycles. The van der Waals surface area contributed by atoms with E-state index < -0.39 is 11.0 Å². The zero-order valence-corrected chi connectivity index (χ0v) is 9.56. The predicted molar refractivity (Wildman–Crippen MR) is 67.1 cm³/mol. The quantitative estimate of drug-likeness (QED) is 0.866. The van der Waals surface area contributed by atoms with E-state index in [9.17, 15) is 4.21 Å². The number of benzene rings is 2. The standard InChI is InChI=1S/C13H13NOS/c14-16(15)13(11-7-3-1-4-8-11)12-9-5-2-6-10-12/h1-10,13H,14H2. The van der Waals surface area contributed by atoms with Gasteiger partial charge in [0.05, 0.1) is 5.25 Å². The average molecular weight is 231 g/mol. The first-order valence-corrected chi connectivity index (χ1v) is 6.31. The molecular weight excluding hydrogens is 218 g/mol. The lowest BCUT2D eigenvalue weighted by molar-refractivity contribution is 0.679. The predicted octanol–water partition coefficient (Wildman–Crippen LogP) is 2.40. The first-order chi connectivity index (χ1) is 7.79. The van der Waals surface area contributed by atoms with Crippen LogP contribution >= 0.6 is 0 Å².